The van der Waals surface area contributed by atoms with Gasteiger partial charge in [-0.25, -0.2) is 4.79 Å². The second-order valence-corrected chi connectivity index (χ2v) is 4.14. The smallest absolute Gasteiger partial charge is 0.331 e. The lowest BCUT2D eigenvalue weighted by Crippen LogP contribution is -2.36. The predicted octanol–water partition coefficient (Wildman–Crippen LogP) is 0.995. The zero-order valence-corrected chi connectivity index (χ0v) is 10.2. The van der Waals surface area contributed by atoms with Gasteiger partial charge in [0.15, 0.2) is 0 Å². The number of nitrogens with one attached hydrogen (secondary N) is 1. The van der Waals surface area contributed by atoms with E-state index in [1.54, 1.807) is 6.20 Å². The van der Waals surface area contributed by atoms with Crippen LogP contribution in [0.1, 0.15) is 19.8 Å². The number of rotatable bonds is 5. The quantitative estimate of drug-likeness (QED) is 0.561. The van der Waals surface area contributed by atoms with Crippen LogP contribution in [-0.4, -0.2) is 44.2 Å². The van der Waals surface area contributed by atoms with Crippen molar-refractivity contribution in [2.75, 3.05) is 33.3 Å². The molecule has 1 fully saturated rings. The summed E-state index contributed by atoms with van der Waals surface area (Å²) in [5.41, 5.74) is 0. The number of hydrogen-bond acceptors (Lipinski definition) is 4. The lowest BCUT2D eigenvalue weighted by Gasteiger charge is -2.30. The monoisotopic (exact) mass is 226 g/mol. The molecule has 4 heteroatoms. The van der Waals surface area contributed by atoms with Gasteiger partial charge in [-0.05, 0) is 38.4 Å². The van der Waals surface area contributed by atoms with Crippen LogP contribution in [0.5, 0.6) is 0 Å². The summed E-state index contributed by atoms with van der Waals surface area (Å²) in [5.74, 6) is 0.415. The summed E-state index contributed by atoms with van der Waals surface area (Å²) < 4.78 is 4.50. The zero-order valence-electron chi connectivity index (χ0n) is 10.2. The van der Waals surface area contributed by atoms with Crippen molar-refractivity contribution in [1.82, 2.24) is 10.2 Å². The molecule has 0 unspecified atom stereocenters. The summed E-state index contributed by atoms with van der Waals surface area (Å²) in [6.45, 7) is 6.71. The molecule has 1 N–H and O–H groups in total. The van der Waals surface area contributed by atoms with Crippen molar-refractivity contribution < 1.29 is 9.53 Å². The van der Waals surface area contributed by atoms with Crippen molar-refractivity contribution in [3.8, 4) is 0 Å². The fourth-order valence-corrected chi connectivity index (χ4v) is 1.94. The number of likely N-dealkylation sites (tertiary alicyclic amines) is 1. The molecular formula is C12H22N2O2. The van der Waals surface area contributed by atoms with Gasteiger partial charge < -0.3 is 15.0 Å². The lowest BCUT2D eigenvalue weighted by molar-refractivity contribution is -0.134. The molecule has 16 heavy (non-hydrogen) atoms. The molecule has 0 radical (unpaired) electrons. The Labute approximate surface area is 97.6 Å². The third-order valence-corrected chi connectivity index (χ3v) is 3.10. The minimum Gasteiger partial charge on any atom is -0.466 e. The molecule has 4 nitrogen and oxygen atoms in total. The molecule has 1 rings (SSSR count). The molecule has 0 spiro atoms. The Morgan fingerprint density at radius 1 is 1.50 bits per heavy atom. The Morgan fingerprint density at radius 3 is 2.75 bits per heavy atom. The van der Waals surface area contributed by atoms with Gasteiger partial charge in [0.25, 0.3) is 0 Å². The summed E-state index contributed by atoms with van der Waals surface area (Å²) in [6, 6.07) is 0. The highest BCUT2D eigenvalue weighted by molar-refractivity contribution is 5.81. The second kappa shape index (κ2) is 7.28. The van der Waals surface area contributed by atoms with Crippen LogP contribution < -0.4 is 5.32 Å². The maximum Gasteiger partial charge on any atom is 0.331 e. The van der Waals surface area contributed by atoms with Gasteiger partial charge in [-0.3, -0.25) is 0 Å². The van der Waals surface area contributed by atoms with Crippen molar-refractivity contribution in [1.29, 1.82) is 0 Å². The number of nitrogens with zero attached hydrogens (tertiary/aromatic N) is 1. The molecule has 0 aliphatic carbocycles. The van der Waals surface area contributed by atoms with E-state index in [4.69, 9.17) is 0 Å². The minimum absolute atomic E-state index is 0.312. The zero-order chi connectivity index (χ0) is 11.8. The molecule has 1 aliphatic heterocycles. The number of carbonyl (C=O) groups excluding carboxylic acids is 1. The largest absolute Gasteiger partial charge is 0.466 e. The van der Waals surface area contributed by atoms with Crippen LogP contribution in [0.25, 0.3) is 0 Å². The SMILES string of the molecule is CCN1CCC(CN/C=C/C(=O)OC)CC1. The first-order valence-electron chi connectivity index (χ1n) is 5.96. The average Bonchev–Trinajstić information content (AvgIpc) is 2.35. The first-order valence-corrected chi connectivity index (χ1v) is 5.96. The van der Waals surface area contributed by atoms with E-state index in [1.807, 2.05) is 0 Å². The molecule has 1 aliphatic rings. The normalized spacial score (nSPS) is 18.9. The molecule has 0 aromatic heterocycles. The fraction of sp³-hybridized carbons (Fsp3) is 0.750. The van der Waals surface area contributed by atoms with E-state index in [1.165, 1.54) is 39.1 Å². The van der Waals surface area contributed by atoms with Crippen molar-refractivity contribution in [3.63, 3.8) is 0 Å². The van der Waals surface area contributed by atoms with Crippen LogP contribution in [0, 0.1) is 5.92 Å². The molecule has 0 aromatic carbocycles. The summed E-state index contributed by atoms with van der Waals surface area (Å²) >= 11 is 0. The Hall–Kier alpha value is -1.03. The van der Waals surface area contributed by atoms with Crippen LogP contribution in [0.15, 0.2) is 12.3 Å². The maximum absolute atomic E-state index is 10.8. The first-order chi connectivity index (χ1) is 7.76. The number of hydrogen-bond donors (Lipinski definition) is 1. The highest BCUT2D eigenvalue weighted by atomic mass is 16.5. The lowest BCUT2D eigenvalue weighted by atomic mass is 9.97. The first kappa shape index (κ1) is 13.0. The average molecular weight is 226 g/mol. The van der Waals surface area contributed by atoms with Crippen LogP contribution in [0.4, 0.5) is 0 Å². The van der Waals surface area contributed by atoms with Crippen molar-refractivity contribution in [3.05, 3.63) is 12.3 Å². The van der Waals surface area contributed by atoms with Gasteiger partial charge in [0.05, 0.1) is 7.11 Å². The van der Waals surface area contributed by atoms with Crippen LogP contribution in [-0.2, 0) is 9.53 Å². The Morgan fingerprint density at radius 2 is 2.19 bits per heavy atom. The predicted molar refractivity (Wildman–Crippen MR) is 64.0 cm³/mol. The molecular weight excluding hydrogens is 204 g/mol. The standard InChI is InChI=1S/C12H22N2O2/c1-3-14-8-5-11(6-9-14)10-13-7-4-12(15)16-2/h4,7,11,13H,3,5-6,8-10H2,1-2H3/b7-4+. The summed E-state index contributed by atoms with van der Waals surface area (Å²) in [5, 5.41) is 3.15. The molecule has 92 valence electrons. The summed E-state index contributed by atoms with van der Waals surface area (Å²) in [6.07, 6.45) is 5.58. The van der Waals surface area contributed by atoms with Gasteiger partial charge in [0.2, 0.25) is 0 Å². The van der Waals surface area contributed by atoms with Crippen LogP contribution >= 0.6 is 0 Å². The fourth-order valence-electron chi connectivity index (χ4n) is 1.94. The number of esters is 1. The van der Waals surface area contributed by atoms with Gasteiger partial charge in [0, 0.05) is 18.8 Å². The van der Waals surface area contributed by atoms with Crippen LogP contribution in [0.3, 0.4) is 0 Å². The molecule has 0 bridgehead atoms. The Kier molecular flexibility index (Phi) is 5.93. The minimum atomic E-state index is -0.312. The van der Waals surface area contributed by atoms with Crippen molar-refractivity contribution >= 4 is 5.97 Å². The summed E-state index contributed by atoms with van der Waals surface area (Å²) in [7, 11) is 1.38. The van der Waals surface area contributed by atoms with Crippen molar-refractivity contribution in [2.24, 2.45) is 5.92 Å². The van der Waals surface area contributed by atoms with E-state index in [2.05, 4.69) is 21.9 Å². The highest BCUT2D eigenvalue weighted by Crippen LogP contribution is 2.15. The number of piperidine rings is 1. The van der Waals surface area contributed by atoms with Crippen molar-refractivity contribution in [2.45, 2.75) is 19.8 Å². The van der Waals surface area contributed by atoms with E-state index >= 15 is 0 Å². The molecule has 0 saturated carbocycles. The van der Waals surface area contributed by atoms with Gasteiger partial charge in [-0.1, -0.05) is 6.92 Å². The van der Waals surface area contributed by atoms with E-state index in [9.17, 15) is 4.79 Å². The Bertz CT molecular complexity index is 233. The van der Waals surface area contributed by atoms with Gasteiger partial charge in [0.1, 0.15) is 0 Å². The molecule has 1 saturated heterocycles. The third-order valence-electron chi connectivity index (χ3n) is 3.10. The number of ether oxygens (including phenoxy) is 1. The second-order valence-electron chi connectivity index (χ2n) is 4.14. The Balaban J connectivity index is 2.10. The van der Waals surface area contributed by atoms with Gasteiger partial charge in [-0.2, -0.15) is 0 Å². The molecule has 0 aromatic rings. The third kappa shape index (κ3) is 4.66. The van der Waals surface area contributed by atoms with Gasteiger partial charge >= 0.3 is 5.97 Å². The van der Waals surface area contributed by atoms with E-state index < -0.39 is 0 Å². The maximum atomic E-state index is 10.8. The number of methoxy groups -OCH3 is 1. The van der Waals surface area contributed by atoms with E-state index in [-0.39, 0.29) is 5.97 Å². The van der Waals surface area contributed by atoms with Crippen LogP contribution in [0.2, 0.25) is 0 Å². The molecule has 0 amide bonds. The van der Waals surface area contributed by atoms with E-state index in [0.717, 1.165) is 19.0 Å². The van der Waals surface area contributed by atoms with Gasteiger partial charge in [-0.15, -0.1) is 0 Å². The molecule has 1 heterocycles. The summed E-state index contributed by atoms with van der Waals surface area (Å²) in [4.78, 5) is 13.3. The highest BCUT2D eigenvalue weighted by Gasteiger charge is 2.16. The van der Waals surface area contributed by atoms with E-state index in [0.29, 0.717) is 0 Å². The topological polar surface area (TPSA) is 41.6 Å². The number of carbonyl (C=O) groups is 1. The molecule has 0 atom stereocenters.